The van der Waals surface area contributed by atoms with Crippen molar-refractivity contribution in [2.75, 3.05) is 12.4 Å². The zero-order chi connectivity index (χ0) is 17.6. The maximum Gasteiger partial charge on any atom is 0.271 e. The van der Waals surface area contributed by atoms with Gasteiger partial charge in [-0.25, -0.2) is 0 Å². The molecule has 0 radical (unpaired) electrons. The highest BCUT2D eigenvalue weighted by molar-refractivity contribution is 5.91. The fraction of sp³-hybridized carbons (Fsp3) is 0.389. The summed E-state index contributed by atoms with van der Waals surface area (Å²) in [5.74, 6) is 0.375. The molecule has 2 N–H and O–H groups in total. The number of benzene rings is 1. The van der Waals surface area contributed by atoms with E-state index in [4.69, 9.17) is 4.74 Å². The van der Waals surface area contributed by atoms with Crippen molar-refractivity contribution in [3.8, 4) is 0 Å². The van der Waals surface area contributed by atoms with Crippen LogP contribution in [0, 0.1) is 0 Å². The Morgan fingerprint density at radius 3 is 2.50 bits per heavy atom. The number of ether oxygens (including phenoxy) is 1. The van der Waals surface area contributed by atoms with Gasteiger partial charge in [-0.15, -0.1) is 10.2 Å². The van der Waals surface area contributed by atoms with Gasteiger partial charge >= 0.3 is 0 Å². The number of anilines is 1. The predicted octanol–water partition coefficient (Wildman–Crippen LogP) is 2.76. The molecule has 2 rings (SSSR count). The number of carbonyl (C=O) groups excluding carboxylic acids is 1. The molecule has 1 aromatic heterocycles. The van der Waals surface area contributed by atoms with E-state index in [9.17, 15) is 4.79 Å². The summed E-state index contributed by atoms with van der Waals surface area (Å²) in [6.07, 6.45) is 0. The fourth-order valence-corrected chi connectivity index (χ4v) is 2.00. The van der Waals surface area contributed by atoms with Crippen molar-refractivity contribution >= 4 is 11.7 Å². The summed E-state index contributed by atoms with van der Waals surface area (Å²) in [4.78, 5) is 11.4. The molecule has 0 bridgehead atoms. The molecular weight excluding hydrogens is 304 g/mol. The average molecular weight is 328 g/mol. The largest absolute Gasteiger partial charge is 0.371 e. The van der Waals surface area contributed by atoms with E-state index in [1.54, 1.807) is 19.2 Å². The minimum Gasteiger partial charge on any atom is -0.371 e. The Labute approximate surface area is 142 Å². The Hall–Kier alpha value is -2.47. The smallest absolute Gasteiger partial charge is 0.271 e. The molecule has 0 saturated heterocycles. The summed E-state index contributed by atoms with van der Waals surface area (Å²) >= 11 is 0. The molecule has 0 fully saturated rings. The van der Waals surface area contributed by atoms with Crippen LogP contribution in [-0.2, 0) is 17.9 Å². The third-order valence-corrected chi connectivity index (χ3v) is 3.26. The average Bonchev–Trinajstić information content (AvgIpc) is 2.58. The molecule has 0 unspecified atom stereocenters. The van der Waals surface area contributed by atoms with Crippen molar-refractivity contribution < 1.29 is 9.53 Å². The van der Waals surface area contributed by atoms with Crippen molar-refractivity contribution in [2.24, 2.45) is 0 Å². The molecule has 0 spiro atoms. The lowest BCUT2D eigenvalue weighted by atomic mass is 10.1. The third-order valence-electron chi connectivity index (χ3n) is 3.26. The van der Waals surface area contributed by atoms with E-state index >= 15 is 0 Å². The first-order chi connectivity index (χ1) is 11.4. The van der Waals surface area contributed by atoms with Crippen molar-refractivity contribution in [1.29, 1.82) is 0 Å². The highest BCUT2D eigenvalue weighted by Crippen LogP contribution is 2.14. The number of hydrogen-bond donors (Lipinski definition) is 2. The first kappa shape index (κ1) is 17.9. The van der Waals surface area contributed by atoms with Gasteiger partial charge in [-0.1, -0.05) is 24.3 Å². The summed E-state index contributed by atoms with van der Waals surface area (Å²) < 4.78 is 5.80. The van der Waals surface area contributed by atoms with E-state index in [0.717, 1.165) is 11.1 Å². The van der Waals surface area contributed by atoms with Crippen LogP contribution in [0.3, 0.4) is 0 Å². The van der Waals surface area contributed by atoms with E-state index in [1.807, 2.05) is 39.0 Å². The van der Waals surface area contributed by atoms with Crippen LogP contribution in [0.1, 0.15) is 42.4 Å². The molecular formula is C18H24N4O2. The molecule has 0 aliphatic rings. The SMILES string of the molecule is CNC(=O)c1ccc(NCc2cccc(COC(C)(C)C)c2)nn1. The number of nitrogens with zero attached hydrogens (tertiary/aromatic N) is 2. The summed E-state index contributed by atoms with van der Waals surface area (Å²) in [5.41, 5.74) is 2.40. The zero-order valence-corrected chi connectivity index (χ0v) is 14.6. The first-order valence-electron chi connectivity index (χ1n) is 7.89. The van der Waals surface area contributed by atoms with E-state index in [2.05, 4.69) is 26.9 Å². The lowest BCUT2D eigenvalue weighted by Gasteiger charge is -2.19. The summed E-state index contributed by atoms with van der Waals surface area (Å²) in [6.45, 7) is 7.33. The van der Waals surface area contributed by atoms with E-state index < -0.39 is 0 Å². The Balaban J connectivity index is 1.93. The molecule has 24 heavy (non-hydrogen) atoms. The standard InChI is InChI=1S/C18H24N4O2/c1-18(2,3)24-12-14-7-5-6-13(10-14)11-20-16-9-8-15(21-22-16)17(23)19-4/h5-10H,11-12H2,1-4H3,(H,19,23)(H,20,22). The molecule has 2 aromatic rings. The molecule has 6 nitrogen and oxygen atoms in total. The van der Waals surface area contributed by atoms with Gasteiger partial charge in [-0.2, -0.15) is 0 Å². The molecule has 0 aliphatic heterocycles. The lowest BCUT2D eigenvalue weighted by molar-refractivity contribution is -0.0149. The Morgan fingerprint density at radius 2 is 1.88 bits per heavy atom. The summed E-state index contributed by atoms with van der Waals surface area (Å²) in [6, 6.07) is 11.6. The number of aromatic nitrogens is 2. The summed E-state index contributed by atoms with van der Waals surface area (Å²) in [5, 5.41) is 13.6. The molecule has 0 aliphatic carbocycles. The van der Waals surface area contributed by atoms with Gasteiger partial charge in [-0.05, 0) is 44.0 Å². The van der Waals surface area contributed by atoms with Crippen LogP contribution >= 0.6 is 0 Å². The van der Waals surface area contributed by atoms with Gasteiger partial charge in [0.05, 0.1) is 12.2 Å². The maximum absolute atomic E-state index is 11.4. The minimum atomic E-state index is -0.249. The van der Waals surface area contributed by atoms with Crippen LogP contribution in [-0.4, -0.2) is 28.8 Å². The maximum atomic E-state index is 11.4. The number of hydrogen-bond acceptors (Lipinski definition) is 5. The van der Waals surface area contributed by atoms with Gasteiger partial charge in [0.15, 0.2) is 5.69 Å². The molecule has 6 heteroatoms. The highest BCUT2D eigenvalue weighted by atomic mass is 16.5. The fourth-order valence-electron chi connectivity index (χ4n) is 2.00. The van der Waals surface area contributed by atoms with Crippen LogP contribution in [0.4, 0.5) is 5.82 Å². The van der Waals surface area contributed by atoms with Gasteiger partial charge in [0.25, 0.3) is 5.91 Å². The normalized spacial score (nSPS) is 11.2. The molecule has 0 saturated carbocycles. The van der Waals surface area contributed by atoms with Crippen LogP contribution in [0.5, 0.6) is 0 Å². The zero-order valence-electron chi connectivity index (χ0n) is 14.6. The molecule has 1 aromatic carbocycles. The Bertz CT molecular complexity index is 678. The third kappa shape index (κ3) is 5.62. The van der Waals surface area contributed by atoms with Crippen LogP contribution < -0.4 is 10.6 Å². The second-order valence-corrected chi connectivity index (χ2v) is 6.46. The van der Waals surface area contributed by atoms with Gasteiger partial charge in [-0.3, -0.25) is 4.79 Å². The lowest BCUT2D eigenvalue weighted by Crippen LogP contribution is -2.19. The Morgan fingerprint density at radius 1 is 1.12 bits per heavy atom. The Kier molecular flexibility index (Phi) is 5.87. The van der Waals surface area contributed by atoms with Crippen LogP contribution in [0.25, 0.3) is 0 Å². The van der Waals surface area contributed by atoms with Gasteiger partial charge in [0.1, 0.15) is 5.82 Å². The monoisotopic (exact) mass is 328 g/mol. The molecule has 1 amide bonds. The summed E-state index contributed by atoms with van der Waals surface area (Å²) in [7, 11) is 1.56. The van der Waals surface area contributed by atoms with Gasteiger partial charge < -0.3 is 15.4 Å². The second kappa shape index (κ2) is 7.88. The van der Waals surface area contributed by atoms with Crippen LogP contribution in [0.15, 0.2) is 36.4 Å². The number of amides is 1. The quantitative estimate of drug-likeness (QED) is 0.853. The highest BCUT2D eigenvalue weighted by Gasteiger charge is 2.10. The topological polar surface area (TPSA) is 76.1 Å². The minimum absolute atomic E-state index is 0.156. The van der Waals surface area contributed by atoms with Crippen molar-refractivity contribution in [1.82, 2.24) is 15.5 Å². The van der Waals surface area contributed by atoms with Crippen molar-refractivity contribution in [3.05, 3.63) is 53.2 Å². The molecule has 0 atom stereocenters. The molecule has 1 heterocycles. The predicted molar refractivity (Wildman–Crippen MR) is 93.7 cm³/mol. The van der Waals surface area contributed by atoms with Crippen LogP contribution in [0.2, 0.25) is 0 Å². The van der Waals surface area contributed by atoms with E-state index in [1.165, 1.54) is 0 Å². The van der Waals surface area contributed by atoms with Crippen molar-refractivity contribution in [2.45, 2.75) is 39.5 Å². The number of rotatable bonds is 6. The van der Waals surface area contributed by atoms with E-state index in [-0.39, 0.29) is 11.5 Å². The van der Waals surface area contributed by atoms with Crippen molar-refractivity contribution in [3.63, 3.8) is 0 Å². The number of nitrogens with one attached hydrogen (secondary N) is 2. The number of carbonyl (C=O) groups is 1. The van der Waals surface area contributed by atoms with Gasteiger partial charge in [0, 0.05) is 13.6 Å². The molecule has 128 valence electrons. The van der Waals surface area contributed by atoms with Gasteiger partial charge in [0.2, 0.25) is 0 Å². The second-order valence-electron chi connectivity index (χ2n) is 6.46. The first-order valence-corrected chi connectivity index (χ1v) is 7.89. The van der Waals surface area contributed by atoms with E-state index in [0.29, 0.717) is 24.7 Å².